The zero-order chi connectivity index (χ0) is 16.1. The van der Waals surface area contributed by atoms with Gasteiger partial charge in [-0.1, -0.05) is 0 Å². The third kappa shape index (κ3) is 4.19. The fraction of sp³-hybridized carbons (Fsp3) is 0.214. The van der Waals surface area contributed by atoms with Gasteiger partial charge in [0.15, 0.2) is 0 Å². The molecule has 8 heteroatoms. The van der Waals surface area contributed by atoms with E-state index in [1.165, 1.54) is 23.5 Å². The van der Waals surface area contributed by atoms with Crippen LogP contribution in [0.2, 0.25) is 0 Å². The van der Waals surface area contributed by atoms with Crippen molar-refractivity contribution in [3.05, 3.63) is 56.0 Å². The van der Waals surface area contributed by atoms with E-state index in [1.807, 2.05) is 12.3 Å². The lowest BCUT2D eigenvalue weighted by molar-refractivity contribution is -0.384. The number of carbonyl (C=O) groups is 1. The van der Waals surface area contributed by atoms with Crippen LogP contribution in [0, 0.1) is 17.0 Å². The van der Waals surface area contributed by atoms with Gasteiger partial charge in [0.05, 0.1) is 27.8 Å². The van der Waals surface area contributed by atoms with E-state index >= 15 is 0 Å². The number of nitrogens with one attached hydrogen (secondary N) is 1. The molecule has 2 rings (SSSR count). The van der Waals surface area contributed by atoms with E-state index < -0.39 is 4.92 Å². The highest BCUT2D eigenvalue weighted by Crippen LogP contribution is 2.12. The van der Waals surface area contributed by atoms with Crippen molar-refractivity contribution in [1.82, 2.24) is 10.4 Å². The minimum absolute atomic E-state index is 0.0134. The maximum absolute atomic E-state index is 11.8. The first-order valence-corrected chi connectivity index (χ1v) is 7.32. The number of aromatic nitrogens is 1. The molecule has 22 heavy (non-hydrogen) atoms. The van der Waals surface area contributed by atoms with Gasteiger partial charge in [0, 0.05) is 17.5 Å². The molecule has 1 heterocycles. The second-order valence-electron chi connectivity index (χ2n) is 4.57. The molecule has 1 N–H and O–H groups in total. The van der Waals surface area contributed by atoms with Crippen LogP contribution in [0.3, 0.4) is 0 Å². The average molecular weight is 318 g/mol. The Hall–Kier alpha value is -2.61. The van der Waals surface area contributed by atoms with Crippen LogP contribution >= 0.6 is 11.3 Å². The van der Waals surface area contributed by atoms with E-state index in [0.29, 0.717) is 17.0 Å². The van der Waals surface area contributed by atoms with E-state index in [2.05, 4.69) is 15.5 Å². The van der Waals surface area contributed by atoms with Gasteiger partial charge in [-0.05, 0) is 31.5 Å². The Balaban J connectivity index is 1.96. The van der Waals surface area contributed by atoms with E-state index in [0.717, 1.165) is 5.01 Å². The molecule has 1 aromatic heterocycles. The number of hydrogen-bond acceptors (Lipinski definition) is 6. The fourth-order valence-corrected chi connectivity index (χ4v) is 2.34. The number of non-ortho nitro benzene ring substituents is 1. The molecule has 0 fully saturated rings. The summed E-state index contributed by atoms with van der Waals surface area (Å²) in [6.45, 7) is 3.59. The SMILES string of the molecule is C/C(=N/NC(=O)Cc1csc(C)n1)c1ccc([N+](=O)[O-])cc1. The van der Waals surface area contributed by atoms with Crippen molar-refractivity contribution in [2.45, 2.75) is 20.3 Å². The van der Waals surface area contributed by atoms with E-state index in [9.17, 15) is 14.9 Å². The molecule has 0 aliphatic heterocycles. The summed E-state index contributed by atoms with van der Waals surface area (Å²) in [5.41, 5.74) is 4.45. The van der Waals surface area contributed by atoms with Gasteiger partial charge in [-0.25, -0.2) is 10.4 Å². The normalized spacial score (nSPS) is 11.3. The van der Waals surface area contributed by atoms with Crippen molar-refractivity contribution in [2.75, 3.05) is 0 Å². The number of hydrazone groups is 1. The fourth-order valence-electron chi connectivity index (χ4n) is 1.73. The topological polar surface area (TPSA) is 97.5 Å². The number of carbonyl (C=O) groups excluding carboxylic acids is 1. The van der Waals surface area contributed by atoms with Gasteiger partial charge in [-0.3, -0.25) is 14.9 Å². The van der Waals surface area contributed by atoms with Gasteiger partial charge in [-0.15, -0.1) is 11.3 Å². The van der Waals surface area contributed by atoms with Crippen LogP contribution in [0.1, 0.15) is 23.2 Å². The van der Waals surface area contributed by atoms with Crippen molar-refractivity contribution in [1.29, 1.82) is 0 Å². The summed E-state index contributed by atoms with van der Waals surface area (Å²) in [4.78, 5) is 26.1. The predicted octanol–water partition coefficient (Wildman–Crippen LogP) is 2.44. The standard InChI is InChI=1S/C14H14N4O3S/c1-9(11-3-5-13(6-4-11)18(20)21)16-17-14(19)7-12-8-22-10(2)15-12/h3-6,8H,7H2,1-2H3,(H,17,19)/b16-9-. The summed E-state index contributed by atoms with van der Waals surface area (Å²) in [7, 11) is 0. The molecule has 0 saturated carbocycles. The summed E-state index contributed by atoms with van der Waals surface area (Å²) >= 11 is 1.49. The van der Waals surface area contributed by atoms with Crippen LogP contribution in [0.5, 0.6) is 0 Å². The molecule has 2 aromatic rings. The van der Waals surface area contributed by atoms with Crippen LogP contribution in [0.4, 0.5) is 5.69 Å². The summed E-state index contributed by atoms with van der Waals surface area (Å²) in [5.74, 6) is -0.258. The number of hydrogen-bond donors (Lipinski definition) is 1. The Kier molecular flexibility index (Phi) is 4.95. The summed E-state index contributed by atoms with van der Waals surface area (Å²) in [6.07, 6.45) is 0.168. The first-order chi connectivity index (χ1) is 10.5. The monoisotopic (exact) mass is 318 g/mol. The molecule has 0 aliphatic rings. The Morgan fingerprint density at radius 2 is 2.09 bits per heavy atom. The Morgan fingerprint density at radius 3 is 2.64 bits per heavy atom. The number of benzene rings is 1. The quantitative estimate of drug-likeness (QED) is 0.520. The molecule has 0 atom stereocenters. The molecule has 7 nitrogen and oxygen atoms in total. The van der Waals surface area contributed by atoms with Crippen molar-refractivity contribution >= 4 is 28.6 Å². The van der Waals surface area contributed by atoms with Gasteiger partial charge in [0.2, 0.25) is 5.91 Å². The number of nitro groups is 1. The predicted molar refractivity (Wildman–Crippen MR) is 84.0 cm³/mol. The maximum atomic E-state index is 11.8. The van der Waals surface area contributed by atoms with Gasteiger partial charge in [-0.2, -0.15) is 5.10 Å². The van der Waals surface area contributed by atoms with Crippen molar-refractivity contribution in [2.24, 2.45) is 5.10 Å². The lowest BCUT2D eigenvalue weighted by Crippen LogP contribution is -2.21. The molecule has 0 saturated heterocycles. The molecular formula is C14H14N4O3S. The first-order valence-electron chi connectivity index (χ1n) is 6.44. The van der Waals surface area contributed by atoms with Crippen LogP contribution in [-0.4, -0.2) is 21.5 Å². The molecule has 1 aromatic carbocycles. The second kappa shape index (κ2) is 6.90. The molecule has 114 valence electrons. The number of nitro benzene ring substituents is 1. The Labute approximate surface area is 130 Å². The second-order valence-corrected chi connectivity index (χ2v) is 5.63. The van der Waals surface area contributed by atoms with E-state index in [1.54, 1.807) is 19.1 Å². The number of amides is 1. The van der Waals surface area contributed by atoms with E-state index in [-0.39, 0.29) is 18.0 Å². The van der Waals surface area contributed by atoms with Crippen LogP contribution in [0.25, 0.3) is 0 Å². The molecule has 0 spiro atoms. The largest absolute Gasteiger partial charge is 0.273 e. The molecule has 0 bridgehead atoms. The van der Waals surface area contributed by atoms with Crippen molar-refractivity contribution in [3.8, 4) is 0 Å². The minimum atomic E-state index is -0.464. The number of aryl methyl sites for hydroxylation is 1. The molecule has 0 unspecified atom stereocenters. The summed E-state index contributed by atoms with van der Waals surface area (Å²) in [6, 6.07) is 5.97. The highest BCUT2D eigenvalue weighted by Gasteiger charge is 2.07. The highest BCUT2D eigenvalue weighted by molar-refractivity contribution is 7.09. The zero-order valence-corrected chi connectivity index (χ0v) is 12.9. The Morgan fingerprint density at radius 1 is 1.41 bits per heavy atom. The summed E-state index contributed by atoms with van der Waals surface area (Å²) in [5, 5.41) is 17.3. The molecule has 0 aliphatic carbocycles. The molecular weight excluding hydrogens is 304 g/mol. The average Bonchev–Trinajstić information content (AvgIpc) is 2.90. The van der Waals surface area contributed by atoms with E-state index in [4.69, 9.17) is 0 Å². The number of thiazole rings is 1. The summed E-state index contributed by atoms with van der Waals surface area (Å²) < 4.78 is 0. The maximum Gasteiger partial charge on any atom is 0.269 e. The van der Waals surface area contributed by atoms with Crippen LogP contribution < -0.4 is 5.43 Å². The van der Waals surface area contributed by atoms with Gasteiger partial charge in [0.25, 0.3) is 5.69 Å². The smallest absolute Gasteiger partial charge is 0.269 e. The van der Waals surface area contributed by atoms with Crippen LogP contribution in [0.15, 0.2) is 34.7 Å². The van der Waals surface area contributed by atoms with Crippen molar-refractivity contribution in [3.63, 3.8) is 0 Å². The molecule has 1 amide bonds. The van der Waals surface area contributed by atoms with Gasteiger partial charge < -0.3 is 0 Å². The number of rotatable bonds is 5. The minimum Gasteiger partial charge on any atom is -0.273 e. The van der Waals surface area contributed by atoms with Crippen LogP contribution in [-0.2, 0) is 11.2 Å². The highest BCUT2D eigenvalue weighted by atomic mass is 32.1. The lowest BCUT2D eigenvalue weighted by atomic mass is 10.1. The van der Waals surface area contributed by atoms with Gasteiger partial charge in [0.1, 0.15) is 0 Å². The Bertz CT molecular complexity index is 722. The van der Waals surface area contributed by atoms with Crippen molar-refractivity contribution < 1.29 is 9.72 Å². The van der Waals surface area contributed by atoms with Gasteiger partial charge >= 0.3 is 0 Å². The first kappa shape index (κ1) is 15.8. The third-order valence-corrected chi connectivity index (χ3v) is 3.67. The zero-order valence-electron chi connectivity index (χ0n) is 12.1. The third-order valence-electron chi connectivity index (χ3n) is 2.85. The molecule has 0 radical (unpaired) electrons. The number of nitrogens with zero attached hydrogens (tertiary/aromatic N) is 3. The lowest BCUT2D eigenvalue weighted by Gasteiger charge is -2.02.